The number of furan rings is 1. The molecule has 1 aliphatic heterocycles. The summed E-state index contributed by atoms with van der Waals surface area (Å²) < 4.78 is 11.0. The average molecular weight is 307 g/mol. The molecule has 1 atom stereocenters. The molecule has 1 aromatic heterocycles. The van der Waals surface area contributed by atoms with Gasteiger partial charge < -0.3 is 19.8 Å². The lowest BCUT2D eigenvalue weighted by molar-refractivity contribution is 0.117. The van der Waals surface area contributed by atoms with Crippen LogP contribution in [0.15, 0.2) is 27.8 Å². The molecule has 0 amide bonds. The Kier molecular flexibility index (Phi) is 7.30. The Morgan fingerprint density at radius 2 is 2.23 bits per heavy atom. The maximum Gasteiger partial charge on any atom is 0.191 e. The van der Waals surface area contributed by atoms with Crippen LogP contribution in [-0.4, -0.2) is 38.3 Å². The molecule has 124 valence electrons. The molecule has 1 saturated heterocycles. The molecule has 0 radical (unpaired) electrons. The van der Waals surface area contributed by atoms with E-state index in [0.29, 0.717) is 5.92 Å². The molecule has 2 heterocycles. The highest BCUT2D eigenvalue weighted by atomic mass is 16.5. The molecule has 1 fully saturated rings. The number of ether oxygens (including phenoxy) is 1. The van der Waals surface area contributed by atoms with Gasteiger partial charge >= 0.3 is 0 Å². The highest BCUT2D eigenvalue weighted by molar-refractivity contribution is 5.79. The summed E-state index contributed by atoms with van der Waals surface area (Å²) in [6.07, 6.45) is 6.27. The van der Waals surface area contributed by atoms with Crippen molar-refractivity contribution in [3.8, 4) is 0 Å². The van der Waals surface area contributed by atoms with Gasteiger partial charge in [0.1, 0.15) is 5.76 Å². The lowest BCUT2D eigenvalue weighted by Gasteiger charge is -2.14. The van der Waals surface area contributed by atoms with Crippen LogP contribution in [-0.2, 0) is 11.2 Å². The smallest absolute Gasteiger partial charge is 0.191 e. The minimum Gasteiger partial charge on any atom is -0.469 e. The van der Waals surface area contributed by atoms with Crippen molar-refractivity contribution in [2.24, 2.45) is 10.9 Å². The van der Waals surface area contributed by atoms with Gasteiger partial charge in [-0.25, -0.2) is 0 Å². The summed E-state index contributed by atoms with van der Waals surface area (Å²) in [5.41, 5.74) is 0. The van der Waals surface area contributed by atoms with Crippen molar-refractivity contribution in [2.45, 2.75) is 45.6 Å². The molecule has 1 aromatic rings. The monoisotopic (exact) mass is 307 g/mol. The van der Waals surface area contributed by atoms with Gasteiger partial charge in [0.15, 0.2) is 5.96 Å². The molecule has 2 rings (SSSR count). The Bertz CT molecular complexity index is 423. The van der Waals surface area contributed by atoms with Crippen LogP contribution in [0, 0.1) is 5.92 Å². The minimum atomic E-state index is 0.286. The number of hydrogen-bond donors (Lipinski definition) is 2. The Morgan fingerprint density at radius 3 is 2.91 bits per heavy atom. The second-order valence-electron chi connectivity index (χ2n) is 6.19. The SMILES string of the molecule is CC(C)CCNC(=NCC1CCCO1)NCCc1ccco1. The largest absolute Gasteiger partial charge is 0.469 e. The van der Waals surface area contributed by atoms with Crippen LogP contribution < -0.4 is 10.6 Å². The maximum absolute atomic E-state index is 5.63. The Labute approximate surface area is 133 Å². The van der Waals surface area contributed by atoms with E-state index in [4.69, 9.17) is 9.15 Å². The normalized spacial score (nSPS) is 18.9. The molecular formula is C17H29N3O2. The van der Waals surface area contributed by atoms with Gasteiger partial charge in [-0.1, -0.05) is 13.8 Å². The van der Waals surface area contributed by atoms with Crippen LogP contribution in [0.3, 0.4) is 0 Å². The third-order valence-corrected chi connectivity index (χ3v) is 3.74. The van der Waals surface area contributed by atoms with Crippen molar-refractivity contribution in [3.05, 3.63) is 24.2 Å². The molecule has 0 spiro atoms. The van der Waals surface area contributed by atoms with E-state index >= 15 is 0 Å². The molecule has 1 unspecified atom stereocenters. The fourth-order valence-electron chi connectivity index (χ4n) is 2.39. The number of aliphatic imine (C=N–C) groups is 1. The molecule has 5 nitrogen and oxygen atoms in total. The van der Waals surface area contributed by atoms with E-state index in [9.17, 15) is 0 Å². The fourth-order valence-corrected chi connectivity index (χ4v) is 2.39. The summed E-state index contributed by atoms with van der Waals surface area (Å²) in [5, 5.41) is 6.79. The highest BCUT2D eigenvalue weighted by Crippen LogP contribution is 2.11. The van der Waals surface area contributed by atoms with E-state index in [1.165, 1.54) is 0 Å². The highest BCUT2D eigenvalue weighted by Gasteiger charge is 2.14. The molecule has 2 N–H and O–H groups in total. The van der Waals surface area contributed by atoms with Crippen molar-refractivity contribution in [1.29, 1.82) is 0 Å². The van der Waals surface area contributed by atoms with Crippen LogP contribution in [0.1, 0.15) is 38.9 Å². The molecular weight excluding hydrogens is 278 g/mol. The molecule has 0 aliphatic carbocycles. The molecule has 0 bridgehead atoms. The Morgan fingerprint density at radius 1 is 1.36 bits per heavy atom. The second-order valence-corrected chi connectivity index (χ2v) is 6.19. The number of rotatable bonds is 8. The first-order chi connectivity index (χ1) is 10.7. The van der Waals surface area contributed by atoms with Crippen LogP contribution in [0.4, 0.5) is 0 Å². The fraction of sp³-hybridized carbons (Fsp3) is 0.706. The number of nitrogens with one attached hydrogen (secondary N) is 2. The minimum absolute atomic E-state index is 0.286. The van der Waals surface area contributed by atoms with Crippen molar-refractivity contribution in [1.82, 2.24) is 10.6 Å². The summed E-state index contributed by atoms with van der Waals surface area (Å²) in [6.45, 7) is 7.83. The van der Waals surface area contributed by atoms with Gasteiger partial charge in [0.2, 0.25) is 0 Å². The van der Waals surface area contributed by atoms with E-state index in [-0.39, 0.29) is 6.10 Å². The summed E-state index contributed by atoms with van der Waals surface area (Å²) in [5.74, 6) is 2.56. The Hall–Kier alpha value is -1.49. The lowest BCUT2D eigenvalue weighted by atomic mass is 10.1. The Balaban J connectivity index is 1.75. The number of guanidine groups is 1. The third kappa shape index (κ3) is 6.52. The maximum atomic E-state index is 5.63. The van der Waals surface area contributed by atoms with E-state index in [1.54, 1.807) is 6.26 Å². The zero-order valence-corrected chi connectivity index (χ0v) is 13.8. The zero-order valence-electron chi connectivity index (χ0n) is 13.8. The first-order valence-electron chi connectivity index (χ1n) is 8.40. The van der Waals surface area contributed by atoms with Gasteiger partial charge in [0.05, 0.1) is 18.9 Å². The standard InChI is InChI=1S/C17H29N3O2/c1-14(2)7-9-18-17(20-13-16-6-4-12-22-16)19-10-8-15-5-3-11-21-15/h3,5,11,14,16H,4,6-10,12-13H2,1-2H3,(H2,18,19,20). The van der Waals surface area contributed by atoms with Gasteiger partial charge in [-0.05, 0) is 37.3 Å². The van der Waals surface area contributed by atoms with Crippen molar-refractivity contribution in [3.63, 3.8) is 0 Å². The predicted molar refractivity (Wildman–Crippen MR) is 89.1 cm³/mol. The van der Waals surface area contributed by atoms with Crippen molar-refractivity contribution in [2.75, 3.05) is 26.2 Å². The van der Waals surface area contributed by atoms with E-state index in [2.05, 4.69) is 29.5 Å². The summed E-state index contributed by atoms with van der Waals surface area (Å²) in [6, 6.07) is 3.92. The van der Waals surface area contributed by atoms with Crippen molar-refractivity contribution >= 4 is 5.96 Å². The molecule has 22 heavy (non-hydrogen) atoms. The van der Waals surface area contributed by atoms with Crippen LogP contribution >= 0.6 is 0 Å². The summed E-state index contributed by atoms with van der Waals surface area (Å²) in [7, 11) is 0. The summed E-state index contributed by atoms with van der Waals surface area (Å²) in [4.78, 5) is 4.66. The van der Waals surface area contributed by atoms with Gasteiger partial charge in [-0.3, -0.25) is 4.99 Å². The van der Waals surface area contributed by atoms with E-state index in [0.717, 1.165) is 63.6 Å². The van der Waals surface area contributed by atoms with E-state index < -0.39 is 0 Å². The van der Waals surface area contributed by atoms with E-state index in [1.807, 2.05) is 12.1 Å². The number of hydrogen-bond acceptors (Lipinski definition) is 3. The first kappa shape index (κ1) is 16.9. The van der Waals surface area contributed by atoms with Crippen LogP contribution in [0.25, 0.3) is 0 Å². The zero-order chi connectivity index (χ0) is 15.6. The quantitative estimate of drug-likeness (QED) is 0.572. The van der Waals surface area contributed by atoms with Gasteiger partial charge in [-0.2, -0.15) is 0 Å². The topological polar surface area (TPSA) is 58.8 Å². The van der Waals surface area contributed by atoms with Gasteiger partial charge in [-0.15, -0.1) is 0 Å². The number of nitrogens with zero attached hydrogens (tertiary/aromatic N) is 1. The van der Waals surface area contributed by atoms with Crippen LogP contribution in [0.5, 0.6) is 0 Å². The average Bonchev–Trinajstić information content (AvgIpc) is 3.17. The molecule has 0 saturated carbocycles. The van der Waals surface area contributed by atoms with Gasteiger partial charge in [0.25, 0.3) is 0 Å². The first-order valence-corrected chi connectivity index (χ1v) is 8.40. The van der Waals surface area contributed by atoms with Crippen LogP contribution in [0.2, 0.25) is 0 Å². The third-order valence-electron chi connectivity index (χ3n) is 3.74. The van der Waals surface area contributed by atoms with Gasteiger partial charge in [0, 0.05) is 26.1 Å². The molecule has 0 aromatic carbocycles. The summed E-state index contributed by atoms with van der Waals surface area (Å²) >= 11 is 0. The molecule has 5 heteroatoms. The predicted octanol–water partition coefficient (Wildman–Crippen LogP) is 2.58. The second kappa shape index (κ2) is 9.51. The molecule has 1 aliphatic rings. The lowest BCUT2D eigenvalue weighted by Crippen LogP contribution is -2.39. The van der Waals surface area contributed by atoms with Crippen molar-refractivity contribution < 1.29 is 9.15 Å².